The van der Waals surface area contributed by atoms with Crippen molar-refractivity contribution in [2.24, 2.45) is 0 Å². The maximum Gasteiger partial charge on any atom is 0.306 e. The van der Waals surface area contributed by atoms with Crippen LogP contribution >= 0.6 is 0 Å². The number of sulfone groups is 1. The Morgan fingerprint density at radius 1 is 1.21 bits per heavy atom. The van der Waals surface area contributed by atoms with E-state index < -0.39 is 27.8 Å². The van der Waals surface area contributed by atoms with Crippen LogP contribution in [0.1, 0.15) is 25.3 Å². The zero-order valence-electron chi connectivity index (χ0n) is 16.6. The molecule has 1 aliphatic rings. The highest BCUT2D eigenvalue weighted by molar-refractivity contribution is 7.91. The second-order valence-corrected chi connectivity index (χ2v) is 9.06. The number of methoxy groups -OCH3 is 2. The number of carbonyl (C=O) groups is 2. The number of rotatable bonds is 8. The SMILES string of the molecule is COc1ccc(CCC(=O)O[C@H](C)C(=O)N(C)[C@@H]2CCS(=O)(=O)C2)cc1OC. The molecule has 0 unspecified atom stereocenters. The van der Waals surface area contributed by atoms with Crippen LogP contribution in [0.15, 0.2) is 18.2 Å². The molecule has 9 heteroatoms. The van der Waals surface area contributed by atoms with Crippen molar-refractivity contribution in [1.82, 2.24) is 4.90 Å². The molecule has 1 aromatic rings. The highest BCUT2D eigenvalue weighted by atomic mass is 32.2. The van der Waals surface area contributed by atoms with Crippen molar-refractivity contribution in [2.45, 2.75) is 38.3 Å². The fraction of sp³-hybridized carbons (Fsp3) is 0.579. The molecule has 1 heterocycles. The number of carbonyl (C=O) groups excluding carboxylic acids is 2. The van der Waals surface area contributed by atoms with Gasteiger partial charge in [-0.15, -0.1) is 0 Å². The molecule has 0 radical (unpaired) electrons. The van der Waals surface area contributed by atoms with E-state index in [1.165, 1.54) is 18.9 Å². The van der Waals surface area contributed by atoms with Gasteiger partial charge in [0.05, 0.1) is 25.7 Å². The average Bonchev–Trinajstić information content (AvgIpc) is 3.04. The predicted octanol–water partition coefficient (Wildman–Crippen LogP) is 1.21. The van der Waals surface area contributed by atoms with Crippen LogP contribution in [0.3, 0.4) is 0 Å². The Hall–Kier alpha value is -2.29. The lowest BCUT2D eigenvalue weighted by Gasteiger charge is -2.26. The second kappa shape index (κ2) is 9.27. The van der Waals surface area contributed by atoms with Crippen LogP contribution in [0.2, 0.25) is 0 Å². The van der Waals surface area contributed by atoms with E-state index in [1.54, 1.807) is 26.3 Å². The van der Waals surface area contributed by atoms with Crippen LogP contribution in [0.25, 0.3) is 0 Å². The molecule has 0 bridgehead atoms. The van der Waals surface area contributed by atoms with Crippen LogP contribution in [-0.2, 0) is 30.6 Å². The molecule has 0 aliphatic carbocycles. The van der Waals surface area contributed by atoms with E-state index >= 15 is 0 Å². The first kappa shape index (κ1) is 22.0. The zero-order chi connectivity index (χ0) is 20.9. The first-order valence-corrected chi connectivity index (χ1v) is 10.9. The summed E-state index contributed by atoms with van der Waals surface area (Å²) in [5.74, 6) is 0.309. The van der Waals surface area contributed by atoms with Gasteiger partial charge in [0, 0.05) is 19.5 Å². The molecule has 0 aromatic heterocycles. The minimum absolute atomic E-state index is 0.0464. The average molecular weight is 413 g/mol. The van der Waals surface area contributed by atoms with E-state index in [0.717, 1.165) is 5.56 Å². The number of hydrogen-bond acceptors (Lipinski definition) is 7. The molecule has 2 atom stereocenters. The number of ether oxygens (including phenoxy) is 3. The highest BCUT2D eigenvalue weighted by Gasteiger charge is 2.34. The first-order valence-electron chi connectivity index (χ1n) is 9.04. The summed E-state index contributed by atoms with van der Waals surface area (Å²) in [7, 11) is 1.53. The van der Waals surface area contributed by atoms with E-state index in [-0.39, 0.29) is 24.0 Å². The number of aryl methyl sites for hydroxylation is 1. The maximum atomic E-state index is 12.4. The molecule has 0 saturated carbocycles. The van der Waals surface area contributed by atoms with E-state index in [1.807, 2.05) is 6.07 Å². The Balaban J connectivity index is 1.86. The van der Waals surface area contributed by atoms with Crippen molar-refractivity contribution in [3.05, 3.63) is 23.8 Å². The summed E-state index contributed by atoms with van der Waals surface area (Å²) in [6.45, 7) is 1.50. The fourth-order valence-electron chi connectivity index (χ4n) is 3.14. The minimum atomic E-state index is -3.09. The zero-order valence-corrected chi connectivity index (χ0v) is 17.5. The molecule has 1 saturated heterocycles. The molecular weight excluding hydrogens is 386 g/mol. The molecule has 8 nitrogen and oxygen atoms in total. The van der Waals surface area contributed by atoms with Crippen LogP contribution in [0.4, 0.5) is 0 Å². The normalized spacial score (nSPS) is 18.9. The van der Waals surface area contributed by atoms with Crippen LogP contribution in [-0.4, -0.2) is 70.1 Å². The molecular formula is C19H27NO7S. The molecule has 2 rings (SSSR count). The van der Waals surface area contributed by atoms with E-state index in [2.05, 4.69) is 0 Å². The Kier molecular flexibility index (Phi) is 7.29. The lowest BCUT2D eigenvalue weighted by molar-refractivity contribution is -0.159. The van der Waals surface area contributed by atoms with Gasteiger partial charge in [-0.25, -0.2) is 8.42 Å². The molecule has 1 aliphatic heterocycles. The molecule has 1 amide bonds. The largest absolute Gasteiger partial charge is 0.493 e. The number of amides is 1. The summed E-state index contributed by atoms with van der Waals surface area (Å²) in [6, 6.07) is 5.01. The third-order valence-corrected chi connectivity index (χ3v) is 6.58. The van der Waals surface area contributed by atoms with Gasteiger partial charge in [0.2, 0.25) is 0 Å². The summed E-state index contributed by atoms with van der Waals surface area (Å²) in [5.41, 5.74) is 0.877. The topological polar surface area (TPSA) is 99.2 Å². The van der Waals surface area contributed by atoms with Crippen molar-refractivity contribution in [2.75, 3.05) is 32.8 Å². The van der Waals surface area contributed by atoms with Gasteiger partial charge in [-0.1, -0.05) is 6.07 Å². The van der Waals surface area contributed by atoms with Crippen molar-refractivity contribution in [1.29, 1.82) is 0 Å². The smallest absolute Gasteiger partial charge is 0.306 e. The summed E-state index contributed by atoms with van der Waals surface area (Å²) in [5, 5.41) is 0. The summed E-state index contributed by atoms with van der Waals surface area (Å²) in [6.07, 6.45) is -0.0260. The van der Waals surface area contributed by atoms with Crippen molar-refractivity contribution < 1.29 is 32.2 Å². The minimum Gasteiger partial charge on any atom is -0.493 e. The maximum absolute atomic E-state index is 12.4. The predicted molar refractivity (Wildman–Crippen MR) is 103 cm³/mol. The van der Waals surface area contributed by atoms with Crippen LogP contribution in [0.5, 0.6) is 11.5 Å². The molecule has 0 N–H and O–H groups in total. The number of likely N-dealkylation sites (N-methyl/N-ethyl adjacent to an activating group) is 1. The molecule has 0 spiro atoms. The van der Waals surface area contributed by atoms with Gasteiger partial charge in [0.15, 0.2) is 27.4 Å². The van der Waals surface area contributed by atoms with Crippen molar-refractivity contribution >= 4 is 21.7 Å². The standard InChI is InChI=1S/C19H27NO7S/c1-13(19(22)20(2)15-9-10-28(23,24)12-15)27-18(21)8-6-14-5-7-16(25-3)17(11-14)26-4/h5,7,11,13,15H,6,8-10,12H2,1-4H3/t13-,15-/m1/s1. The Morgan fingerprint density at radius 3 is 2.46 bits per heavy atom. The molecule has 1 fully saturated rings. The second-order valence-electron chi connectivity index (χ2n) is 6.83. The number of esters is 1. The van der Waals surface area contributed by atoms with Crippen LogP contribution < -0.4 is 9.47 Å². The third kappa shape index (κ3) is 5.60. The third-order valence-electron chi connectivity index (χ3n) is 4.83. The fourth-order valence-corrected chi connectivity index (χ4v) is 4.91. The Labute approximate surface area is 165 Å². The molecule has 28 heavy (non-hydrogen) atoms. The van der Waals surface area contributed by atoms with Crippen molar-refractivity contribution in [3.8, 4) is 11.5 Å². The van der Waals surface area contributed by atoms with Gasteiger partial charge in [-0.05, 0) is 37.5 Å². The number of hydrogen-bond donors (Lipinski definition) is 0. The highest BCUT2D eigenvalue weighted by Crippen LogP contribution is 2.28. The summed E-state index contributed by atoms with van der Waals surface area (Å²) >= 11 is 0. The van der Waals surface area contributed by atoms with Gasteiger partial charge < -0.3 is 19.1 Å². The lowest BCUT2D eigenvalue weighted by Crippen LogP contribution is -2.44. The molecule has 1 aromatic carbocycles. The van der Waals surface area contributed by atoms with Gasteiger partial charge in [-0.2, -0.15) is 0 Å². The number of benzene rings is 1. The summed E-state index contributed by atoms with van der Waals surface area (Å²) < 4.78 is 38.8. The van der Waals surface area contributed by atoms with Gasteiger partial charge >= 0.3 is 5.97 Å². The van der Waals surface area contributed by atoms with E-state index in [0.29, 0.717) is 24.3 Å². The number of nitrogens with zero attached hydrogens (tertiary/aromatic N) is 1. The van der Waals surface area contributed by atoms with E-state index in [4.69, 9.17) is 14.2 Å². The quantitative estimate of drug-likeness (QED) is 0.591. The van der Waals surface area contributed by atoms with Gasteiger partial charge in [0.25, 0.3) is 5.91 Å². The monoisotopic (exact) mass is 413 g/mol. The lowest BCUT2D eigenvalue weighted by atomic mass is 10.1. The van der Waals surface area contributed by atoms with Crippen LogP contribution in [0, 0.1) is 0 Å². The van der Waals surface area contributed by atoms with Crippen molar-refractivity contribution in [3.63, 3.8) is 0 Å². The van der Waals surface area contributed by atoms with Gasteiger partial charge in [-0.3, -0.25) is 9.59 Å². The Morgan fingerprint density at radius 2 is 1.89 bits per heavy atom. The molecule has 156 valence electrons. The first-order chi connectivity index (χ1) is 13.2. The summed E-state index contributed by atoms with van der Waals surface area (Å²) in [4.78, 5) is 25.9. The van der Waals surface area contributed by atoms with E-state index in [9.17, 15) is 18.0 Å². The van der Waals surface area contributed by atoms with Gasteiger partial charge in [0.1, 0.15) is 0 Å². The Bertz CT molecular complexity index is 822.